The number of benzene rings is 1. The van der Waals surface area contributed by atoms with E-state index in [-0.39, 0.29) is 5.56 Å². The molecule has 0 amide bonds. The van der Waals surface area contributed by atoms with Crippen LogP contribution in [0.1, 0.15) is 27.3 Å². The van der Waals surface area contributed by atoms with Gasteiger partial charge in [0.15, 0.2) is 0 Å². The van der Waals surface area contributed by atoms with E-state index in [0.717, 1.165) is 22.5 Å². The van der Waals surface area contributed by atoms with Crippen LogP contribution in [0.3, 0.4) is 0 Å². The van der Waals surface area contributed by atoms with Gasteiger partial charge in [0.2, 0.25) is 0 Å². The van der Waals surface area contributed by atoms with Crippen LogP contribution in [0.4, 0.5) is 0 Å². The Morgan fingerprint density at radius 3 is 2.68 bits per heavy atom. The highest BCUT2D eigenvalue weighted by atomic mass is 16.4. The first-order valence-electron chi connectivity index (χ1n) is 8.02. The van der Waals surface area contributed by atoms with Crippen LogP contribution in [0.2, 0.25) is 0 Å². The first-order valence-corrected chi connectivity index (χ1v) is 8.02. The highest BCUT2D eigenvalue weighted by Crippen LogP contribution is 2.23. The van der Waals surface area contributed by atoms with E-state index in [1.54, 1.807) is 12.3 Å². The molecule has 0 fully saturated rings. The third kappa shape index (κ3) is 4.02. The molecule has 0 saturated heterocycles. The molecule has 0 aliphatic heterocycles. The number of carbonyl (C=O) groups is 1. The molecule has 0 atom stereocenters. The minimum Gasteiger partial charge on any atom is -0.478 e. The van der Waals surface area contributed by atoms with Crippen LogP contribution in [0.25, 0.3) is 23.4 Å². The average molecular weight is 333 g/mol. The lowest BCUT2D eigenvalue weighted by atomic mass is 10.1. The van der Waals surface area contributed by atoms with Gasteiger partial charge in [-0.05, 0) is 36.4 Å². The van der Waals surface area contributed by atoms with Gasteiger partial charge in [-0.3, -0.25) is 4.98 Å². The molecule has 0 spiro atoms. The normalized spacial score (nSPS) is 11.1. The molecule has 25 heavy (non-hydrogen) atoms. The first kappa shape index (κ1) is 16.7. The minimum atomic E-state index is -0.954. The number of rotatable bonds is 6. The van der Waals surface area contributed by atoms with Gasteiger partial charge in [-0.15, -0.1) is 0 Å². The standard InChI is InChI=1S/C20H19N3O2/c21-10-8-18-17(20(24)25)13-19(23-18)15-9-11-22-16(12-15)7-6-14-4-2-1-3-5-14/h1-7,9,11-13,23H,8,10,21H2,(H,24,25)/b7-6+. The lowest BCUT2D eigenvalue weighted by Gasteiger charge is -2.00. The summed E-state index contributed by atoms with van der Waals surface area (Å²) in [5, 5.41) is 9.33. The zero-order chi connectivity index (χ0) is 17.6. The van der Waals surface area contributed by atoms with Crippen LogP contribution in [-0.4, -0.2) is 27.6 Å². The Morgan fingerprint density at radius 2 is 1.96 bits per heavy atom. The van der Waals surface area contributed by atoms with Gasteiger partial charge in [-0.25, -0.2) is 4.79 Å². The van der Waals surface area contributed by atoms with Crippen LogP contribution in [0, 0.1) is 0 Å². The summed E-state index contributed by atoms with van der Waals surface area (Å²) >= 11 is 0. The van der Waals surface area contributed by atoms with E-state index < -0.39 is 5.97 Å². The van der Waals surface area contributed by atoms with E-state index in [4.69, 9.17) is 5.73 Å². The Bertz CT molecular complexity index is 898. The monoisotopic (exact) mass is 333 g/mol. The second kappa shape index (κ2) is 7.59. The van der Waals surface area contributed by atoms with Gasteiger partial charge in [0, 0.05) is 29.6 Å². The van der Waals surface area contributed by atoms with E-state index in [1.807, 2.05) is 54.6 Å². The topological polar surface area (TPSA) is 92.0 Å². The molecule has 2 aromatic heterocycles. The quantitative estimate of drug-likeness (QED) is 0.644. The molecule has 4 N–H and O–H groups in total. The maximum absolute atomic E-state index is 11.4. The third-order valence-corrected chi connectivity index (χ3v) is 3.86. The molecule has 5 nitrogen and oxygen atoms in total. The maximum atomic E-state index is 11.4. The van der Waals surface area contributed by atoms with Crippen molar-refractivity contribution in [3.63, 3.8) is 0 Å². The number of carboxylic acid groups (broad SMARTS) is 1. The van der Waals surface area contributed by atoms with Gasteiger partial charge in [0.1, 0.15) is 0 Å². The summed E-state index contributed by atoms with van der Waals surface area (Å²) < 4.78 is 0. The predicted octanol–water partition coefficient (Wildman–Crippen LogP) is 3.45. The van der Waals surface area contributed by atoms with Crippen molar-refractivity contribution in [2.75, 3.05) is 6.54 Å². The number of hydrogen-bond acceptors (Lipinski definition) is 3. The molecule has 0 saturated carbocycles. The van der Waals surface area contributed by atoms with E-state index in [0.29, 0.717) is 18.7 Å². The summed E-state index contributed by atoms with van der Waals surface area (Å²) in [5.74, 6) is -0.954. The number of nitrogens with two attached hydrogens (primary N) is 1. The van der Waals surface area contributed by atoms with Crippen molar-refractivity contribution in [3.8, 4) is 11.3 Å². The molecule has 0 aliphatic rings. The fourth-order valence-corrected chi connectivity index (χ4v) is 2.64. The van der Waals surface area contributed by atoms with Crippen LogP contribution < -0.4 is 5.73 Å². The molecule has 3 aromatic rings. The number of hydrogen-bond donors (Lipinski definition) is 3. The van der Waals surface area contributed by atoms with Gasteiger partial charge < -0.3 is 15.8 Å². The Labute approximate surface area is 145 Å². The maximum Gasteiger partial charge on any atom is 0.337 e. The fraction of sp³-hybridized carbons (Fsp3) is 0.100. The number of aromatic amines is 1. The Kier molecular flexibility index (Phi) is 5.06. The summed E-state index contributed by atoms with van der Waals surface area (Å²) in [6.07, 6.45) is 6.13. The summed E-state index contributed by atoms with van der Waals surface area (Å²) in [5.41, 5.74) is 9.99. The summed E-state index contributed by atoms with van der Waals surface area (Å²) in [4.78, 5) is 18.9. The van der Waals surface area contributed by atoms with Crippen LogP contribution in [-0.2, 0) is 6.42 Å². The second-order valence-corrected chi connectivity index (χ2v) is 5.63. The van der Waals surface area contributed by atoms with Crippen molar-refractivity contribution in [2.45, 2.75) is 6.42 Å². The number of H-pyrrole nitrogens is 1. The molecular formula is C20H19N3O2. The van der Waals surface area contributed by atoms with Crippen LogP contribution >= 0.6 is 0 Å². The van der Waals surface area contributed by atoms with E-state index >= 15 is 0 Å². The van der Waals surface area contributed by atoms with E-state index in [1.165, 1.54) is 0 Å². The van der Waals surface area contributed by atoms with Gasteiger partial charge in [-0.1, -0.05) is 36.4 Å². The molecule has 0 bridgehead atoms. The molecular weight excluding hydrogens is 314 g/mol. The largest absolute Gasteiger partial charge is 0.478 e. The molecule has 1 aromatic carbocycles. The highest BCUT2D eigenvalue weighted by Gasteiger charge is 2.14. The van der Waals surface area contributed by atoms with Crippen LogP contribution in [0.5, 0.6) is 0 Å². The third-order valence-electron chi connectivity index (χ3n) is 3.86. The molecule has 0 unspecified atom stereocenters. The van der Waals surface area contributed by atoms with Gasteiger partial charge in [0.25, 0.3) is 0 Å². The summed E-state index contributed by atoms with van der Waals surface area (Å²) in [6.45, 7) is 0.391. The van der Waals surface area contributed by atoms with Crippen molar-refractivity contribution >= 4 is 18.1 Å². The Balaban J connectivity index is 1.90. The first-order chi connectivity index (χ1) is 12.2. The molecule has 126 valence electrons. The number of carboxylic acids is 1. The SMILES string of the molecule is NCCc1[nH]c(-c2ccnc(/C=C/c3ccccc3)c2)cc1C(=O)O. The van der Waals surface area contributed by atoms with Crippen molar-refractivity contribution in [1.82, 2.24) is 9.97 Å². The molecule has 0 aliphatic carbocycles. The zero-order valence-corrected chi connectivity index (χ0v) is 13.6. The van der Waals surface area contributed by atoms with Crippen molar-refractivity contribution < 1.29 is 9.90 Å². The molecule has 3 rings (SSSR count). The molecule has 2 heterocycles. The van der Waals surface area contributed by atoms with Gasteiger partial charge >= 0.3 is 5.97 Å². The Hall–Kier alpha value is -3.18. The fourth-order valence-electron chi connectivity index (χ4n) is 2.64. The van der Waals surface area contributed by atoms with Crippen molar-refractivity contribution in [1.29, 1.82) is 0 Å². The second-order valence-electron chi connectivity index (χ2n) is 5.63. The van der Waals surface area contributed by atoms with E-state index in [9.17, 15) is 9.90 Å². The minimum absolute atomic E-state index is 0.263. The number of nitrogens with one attached hydrogen (secondary N) is 1. The lowest BCUT2D eigenvalue weighted by molar-refractivity contribution is 0.0696. The summed E-state index contributed by atoms with van der Waals surface area (Å²) in [6, 6.07) is 15.4. The van der Waals surface area contributed by atoms with Crippen LogP contribution in [0.15, 0.2) is 54.7 Å². The predicted molar refractivity (Wildman–Crippen MR) is 99.1 cm³/mol. The number of nitrogens with zero attached hydrogens (tertiary/aromatic N) is 1. The number of aromatic carboxylic acids is 1. The molecule has 0 radical (unpaired) electrons. The van der Waals surface area contributed by atoms with E-state index in [2.05, 4.69) is 9.97 Å². The van der Waals surface area contributed by atoms with Gasteiger partial charge in [-0.2, -0.15) is 0 Å². The highest BCUT2D eigenvalue weighted by molar-refractivity contribution is 5.91. The smallest absolute Gasteiger partial charge is 0.337 e. The van der Waals surface area contributed by atoms with Crippen molar-refractivity contribution in [2.24, 2.45) is 5.73 Å². The van der Waals surface area contributed by atoms with Gasteiger partial charge in [0.05, 0.1) is 11.3 Å². The number of pyridine rings is 1. The Morgan fingerprint density at radius 1 is 1.16 bits per heavy atom. The number of aromatic nitrogens is 2. The molecule has 5 heteroatoms. The zero-order valence-electron chi connectivity index (χ0n) is 13.6. The lowest BCUT2D eigenvalue weighted by Crippen LogP contribution is -2.07. The summed E-state index contributed by atoms with van der Waals surface area (Å²) in [7, 11) is 0. The average Bonchev–Trinajstić information content (AvgIpc) is 3.06. The van der Waals surface area contributed by atoms with Crippen molar-refractivity contribution in [3.05, 3.63) is 77.2 Å².